The van der Waals surface area contributed by atoms with Gasteiger partial charge in [-0.1, -0.05) is 48.5 Å². The monoisotopic (exact) mass is 479 g/mol. The Balaban J connectivity index is 1.76. The number of carbonyl (C=O) groups is 3. The molecular formula is C27H33N3O5. The second kappa shape index (κ2) is 10.6. The van der Waals surface area contributed by atoms with Crippen LogP contribution in [0.5, 0.6) is 0 Å². The zero-order valence-corrected chi connectivity index (χ0v) is 20.8. The van der Waals surface area contributed by atoms with E-state index >= 15 is 0 Å². The number of aromatic nitrogens is 1. The van der Waals surface area contributed by atoms with Crippen LogP contribution in [-0.2, 0) is 32.1 Å². The van der Waals surface area contributed by atoms with Crippen LogP contribution in [0.4, 0.5) is 4.79 Å². The zero-order valence-electron chi connectivity index (χ0n) is 20.8. The van der Waals surface area contributed by atoms with Gasteiger partial charge in [0.25, 0.3) is 0 Å². The summed E-state index contributed by atoms with van der Waals surface area (Å²) in [5.41, 5.74) is 0.582. The first-order valence-electron chi connectivity index (χ1n) is 11.5. The number of aromatic amines is 1. The van der Waals surface area contributed by atoms with Crippen molar-refractivity contribution in [2.75, 3.05) is 0 Å². The molecule has 2 aromatic carbocycles. The molecule has 0 saturated heterocycles. The number of H-pyrrole nitrogens is 1. The van der Waals surface area contributed by atoms with Gasteiger partial charge in [-0.2, -0.15) is 0 Å². The largest absolute Gasteiger partial charge is 0.459 e. The topological polar surface area (TPSA) is 110 Å². The summed E-state index contributed by atoms with van der Waals surface area (Å²) in [4.78, 5) is 41.7. The highest BCUT2D eigenvalue weighted by Gasteiger charge is 2.35. The number of esters is 1. The van der Waals surface area contributed by atoms with E-state index < -0.39 is 35.2 Å². The number of nitrogens with one attached hydrogen (secondary N) is 3. The summed E-state index contributed by atoms with van der Waals surface area (Å²) in [6.07, 6.45) is 1.31. The van der Waals surface area contributed by atoms with Crippen molar-refractivity contribution in [1.29, 1.82) is 0 Å². The van der Waals surface area contributed by atoms with Gasteiger partial charge >= 0.3 is 12.1 Å². The van der Waals surface area contributed by atoms with Crippen molar-refractivity contribution in [3.05, 3.63) is 71.9 Å². The number of fused-ring (bicyclic) bond motifs is 1. The van der Waals surface area contributed by atoms with E-state index in [1.165, 1.54) is 0 Å². The van der Waals surface area contributed by atoms with Gasteiger partial charge in [0.2, 0.25) is 5.91 Å². The number of hydrogen-bond donors (Lipinski definition) is 3. The van der Waals surface area contributed by atoms with E-state index in [4.69, 9.17) is 9.47 Å². The third-order valence-corrected chi connectivity index (χ3v) is 5.29. The van der Waals surface area contributed by atoms with Crippen LogP contribution in [0, 0.1) is 0 Å². The van der Waals surface area contributed by atoms with Crippen LogP contribution in [-0.4, -0.2) is 40.1 Å². The van der Waals surface area contributed by atoms with Gasteiger partial charge < -0.3 is 25.1 Å². The predicted molar refractivity (Wildman–Crippen MR) is 134 cm³/mol. The molecule has 3 rings (SSSR count). The fraction of sp³-hybridized carbons (Fsp3) is 0.370. The summed E-state index contributed by atoms with van der Waals surface area (Å²) in [6, 6.07) is 16.1. The smallest absolute Gasteiger partial charge is 0.408 e. The van der Waals surface area contributed by atoms with E-state index in [1.807, 2.05) is 60.8 Å². The number of para-hydroxylation sites is 1. The molecule has 35 heavy (non-hydrogen) atoms. The van der Waals surface area contributed by atoms with E-state index in [0.29, 0.717) is 0 Å². The molecule has 0 spiro atoms. The molecule has 3 aromatic rings. The van der Waals surface area contributed by atoms with Crippen molar-refractivity contribution in [3.63, 3.8) is 0 Å². The van der Waals surface area contributed by atoms with Crippen LogP contribution in [0.2, 0.25) is 0 Å². The van der Waals surface area contributed by atoms with Crippen molar-refractivity contribution in [2.45, 2.75) is 64.8 Å². The Morgan fingerprint density at radius 1 is 0.943 bits per heavy atom. The molecule has 1 aromatic heterocycles. The normalized spacial score (nSPS) is 12.6. The second-order valence-corrected chi connectivity index (χ2v) is 9.93. The number of amides is 2. The highest BCUT2D eigenvalue weighted by molar-refractivity contribution is 5.93. The third kappa shape index (κ3) is 7.34. The SMILES string of the molecule is CC(C)(C)OC(=O)NC(C)(C)C(=O)N[C@H](Cc1c[nH]c2ccccc12)C(=O)OCc1ccccc1. The maximum absolute atomic E-state index is 13.2. The van der Waals surface area contributed by atoms with E-state index in [1.54, 1.807) is 34.6 Å². The Labute approximate surface area is 205 Å². The van der Waals surface area contributed by atoms with Crippen LogP contribution in [0.25, 0.3) is 10.9 Å². The second-order valence-electron chi connectivity index (χ2n) is 9.93. The van der Waals surface area contributed by atoms with Gasteiger partial charge in [0.15, 0.2) is 0 Å². The number of carbonyl (C=O) groups excluding carboxylic acids is 3. The lowest BCUT2D eigenvalue weighted by Crippen LogP contribution is -2.58. The molecule has 1 heterocycles. The van der Waals surface area contributed by atoms with Gasteiger partial charge in [-0.15, -0.1) is 0 Å². The third-order valence-electron chi connectivity index (χ3n) is 5.29. The standard InChI is InChI=1S/C27H33N3O5/c1-26(2,3)35-25(33)30-27(4,5)24(32)29-22(23(31)34-17-18-11-7-6-8-12-18)15-19-16-28-21-14-10-9-13-20(19)21/h6-14,16,22,28H,15,17H2,1-5H3,(H,29,32)(H,30,33)/t22-/m1/s1. The molecule has 0 bridgehead atoms. The molecule has 3 N–H and O–H groups in total. The first-order valence-corrected chi connectivity index (χ1v) is 11.5. The van der Waals surface area contributed by atoms with E-state index in [0.717, 1.165) is 22.0 Å². The van der Waals surface area contributed by atoms with Crippen LogP contribution in [0.3, 0.4) is 0 Å². The highest BCUT2D eigenvalue weighted by atomic mass is 16.6. The summed E-state index contributed by atoms with van der Waals surface area (Å²) in [5.74, 6) is -1.11. The predicted octanol–water partition coefficient (Wildman–Crippen LogP) is 4.24. The van der Waals surface area contributed by atoms with Gasteiger partial charge in [-0.05, 0) is 51.8 Å². The summed E-state index contributed by atoms with van der Waals surface area (Å²) in [6.45, 7) is 8.38. The highest BCUT2D eigenvalue weighted by Crippen LogP contribution is 2.20. The number of benzene rings is 2. The van der Waals surface area contributed by atoms with E-state index in [-0.39, 0.29) is 13.0 Å². The average Bonchev–Trinajstić information content (AvgIpc) is 3.19. The molecule has 1 atom stereocenters. The first kappa shape index (κ1) is 25.8. The van der Waals surface area contributed by atoms with E-state index in [2.05, 4.69) is 15.6 Å². The molecule has 0 radical (unpaired) electrons. The van der Waals surface area contributed by atoms with Crippen molar-refractivity contribution < 1.29 is 23.9 Å². The number of ether oxygens (including phenoxy) is 2. The lowest BCUT2D eigenvalue weighted by atomic mass is 10.0. The maximum Gasteiger partial charge on any atom is 0.408 e. The van der Waals surface area contributed by atoms with Crippen molar-refractivity contribution in [3.8, 4) is 0 Å². The lowest BCUT2D eigenvalue weighted by molar-refractivity contribution is -0.149. The Hall–Kier alpha value is -3.81. The average molecular weight is 480 g/mol. The molecule has 8 nitrogen and oxygen atoms in total. The number of rotatable bonds is 8. The van der Waals surface area contributed by atoms with Crippen molar-refractivity contribution >= 4 is 28.9 Å². The molecule has 0 fully saturated rings. The minimum atomic E-state index is -1.33. The van der Waals surface area contributed by atoms with Crippen molar-refractivity contribution in [1.82, 2.24) is 15.6 Å². The quantitative estimate of drug-likeness (QED) is 0.419. The molecule has 8 heteroatoms. The number of alkyl carbamates (subject to hydrolysis) is 1. The summed E-state index contributed by atoms with van der Waals surface area (Å²) < 4.78 is 10.8. The minimum absolute atomic E-state index is 0.0828. The van der Waals surface area contributed by atoms with Gasteiger partial charge in [0, 0.05) is 23.5 Å². The fourth-order valence-corrected chi connectivity index (χ4v) is 3.50. The summed E-state index contributed by atoms with van der Waals surface area (Å²) in [7, 11) is 0. The molecule has 0 saturated carbocycles. The minimum Gasteiger partial charge on any atom is -0.459 e. The van der Waals surface area contributed by atoms with Crippen LogP contribution >= 0.6 is 0 Å². The molecule has 186 valence electrons. The zero-order chi connectivity index (χ0) is 25.6. The van der Waals surface area contributed by atoms with Crippen LogP contribution in [0.15, 0.2) is 60.8 Å². The van der Waals surface area contributed by atoms with Crippen molar-refractivity contribution in [2.24, 2.45) is 0 Å². The molecular weight excluding hydrogens is 446 g/mol. The molecule has 0 aliphatic rings. The maximum atomic E-state index is 13.2. The molecule has 0 aliphatic heterocycles. The Kier molecular flexibility index (Phi) is 7.84. The van der Waals surface area contributed by atoms with Gasteiger partial charge in [0.05, 0.1) is 0 Å². The first-order chi connectivity index (χ1) is 16.4. The Morgan fingerprint density at radius 3 is 2.29 bits per heavy atom. The van der Waals surface area contributed by atoms with E-state index in [9.17, 15) is 14.4 Å². The Morgan fingerprint density at radius 2 is 1.60 bits per heavy atom. The molecule has 0 aliphatic carbocycles. The van der Waals surface area contributed by atoms with Crippen LogP contribution in [0.1, 0.15) is 45.7 Å². The fourth-order valence-electron chi connectivity index (χ4n) is 3.50. The van der Waals surface area contributed by atoms with Crippen LogP contribution < -0.4 is 10.6 Å². The molecule has 2 amide bonds. The summed E-state index contributed by atoms with van der Waals surface area (Å²) in [5, 5.41) is 6.29. The molecule has 0 unspecified atom stereocenters. The van der Waals surface area contributed by atoms with Gasteiger partial charge in [0.1, 0.15) is 23.8 Å². The lowest BCUT2D eigenvalue weighted by Gasteiger charge is -2.29. The van der Waals surface area contributed by atoms with Gasteiger partial charge in [-0.3, -0.25) is 4.79 Å². The Bertz CT molecular complexity index is 1180. The summed E-state index contributed by atoms with van der Waals surface area (Å²) >= 11 is 0. The number of hydrogen-bond acceptors (Lipinski definition) is 5. The van der Waals surface area contributed by atoms with Gasteiger partial charge in [-0.25, -0.2) is 9.59 Å².